The van der Waals surface area contributed by atoms with Gasteiger partial charge in [-0.2, -0.15) is 13.2 Å². The maximum atomic E-state index is 13.0. The molecule has 0 spiro atoms. The van der Waals surface area contributed by atoms with Gasteiger partial charge in [0.25, 0.3) is 0 Å². The van der Waals surface area contributed by atoms with E-state index in [1.54, 1.807) is 6.07 Å². The first kappa shape index (κ1) is 13.4. The van der Waals surface area contributed by atoms with Crippen molar-refractivity contribution in [1.82, 2.24) is 0 Å². The Labute approximate surface area is 115 Å². The minimum absolute atomic E-state index is 0.107. The Balaban J connectivity index is 2.68. The molecule has 0 aliphatic heterocycles. The lowest BCUT2D eigenvalue weighted by Gasteiger charge is -2.13. The van der Waals surface area contributed by atoms with Crippen LogP contribution in [0.4, 0.5) is 18.9 Å². The number of nitrogen functional groups attached to an aromatic ring is 1. The smallest absolute Gasteiger partial charge is 0.399 e. The number of halogens is 4. The van der Waals surface area contributed by atoms with Crippen molar-refractivity contribution < 1.29 is 13.2 Å². The average Bonchev–Trinajstić information content (AvgIpc) is 2.56. The number of benzene rings is 1. The lowest BCUT2D eigenvalue weighted by molar-refractivity contribution is -0.137. The van der Waals surface area contributed by atoms with E-state index in [4.69, 9.17) is 5.73 Å². The van der Waals surface area contributed by atoms with Crippen molar-refractivity contribution in [2.24, 2.45) is 0 Å². The molecule has 96 valence electrons. The summed E-state index contributed by atoms with van der Waals surface area (Å²) >= 11 is 4.60. The monoisotopic (exact) mass is 335 g/mol. The van der Waals surface area contributed by atoms with Gasteiger partial charge in [0.1, 0.15) is 0 Å². The first-order valence-electron chi connectivity index (χ1n) is 5.02. The van der Waals surface area contributed by atoms with E-state index in [2.05, 4.69) is 15.9 Å². The van der Waals surface area contributed by atoms with Gasteiger partial charge in [-0.1, -0.05) is 6.07 Å². The Morgan fingerprint density at radius 2 is 1.89 bits per heavy atom. The molecule has 0 saturated heterocycles. The molecule has 1 nitrogen and oxygen atoms in total. The molecule has 0 radical (unpaired) electrons. The first-order chi connectivity index (χ1) is 8.29. The fourth-order valence-electron chi connectivity index (χ4n) is 1.66. The molecule has 1 aromatic carbocycles. The third-order valence-corrected chi connectivity index (χ3v) is 4.38. The number of nitrogens with two attached hydrogens (primary N) is 1. The summed E-state index contributed by atoms with van der Waals surface area (Å²) in [5, 5.41) is 0. The lowest BCUT2D eigenvalue weighted by Crippen LogP contribution is -2.07. The molecule has 1 heterocycles. The van der Waals surface area contributed by atoms with Crippen LogP contribution in [0.15, 0.2) is 28.7 Å². The summed E-state index contributed by atoms with van der Waals surface area (Å²) in [6, 6.07) is 5.66. The minimum atomic E-state index is -4.41. The van der Waals surface area contributed by atoms with Crippen LogP contribution >= 0.6 is 27.3 Å². The van der Waals surface area contributed by atoms with E-state index in [1.165, 1.54) is 23.5 Å². The van der Waals surface area contributed by atoms with Crippen LogP contribution < -0.4 is 5.73 Å². The molecule has 0 saturated carbocycles. The molecule has 0 aliphatic carbocycles. The Kier molecular flexibility index (Phi) is 3.42. The lowest BCUT2D eigenvalue weighted by atomic mass is 10.0. The SMILES string of the molecule is Cc1cc(Br)c(-c2ccc(N)cc2C(F)(F)F)s1. The fraction of sp³-hybridized carbons (Fsp3) is 0.167. The Bertz CT molecular complexity index is 589. The molecule has 0 amide bonds. The van der Waals surface area contributed by atoms with Crippen molar-refractivity contribution in [2.45, 2.75) is 13.1 Å². The molecular formula is C12H9BrF3NS. The van der Waals surface area contributed by atoms with Gasteiger partial charge in [-0.05, 0) is 41.1 Å². The van der Waals surface area contributed by atoms with Crippen molar-refractivity contribution >= 4 is 33.0 Å². The van der Waals surface area contributed by atoms with E-state index in [1.807, 2.05) is 6.92 Å². The van der Waals surface area contributed by atoms with Gasteiger partial charge < -0.3 is 5.73 Å². The third kappa shape index (κ3) is 2.54. The van der Waals surface area contributed by atoms with Crippen molar-refractivity contribution in [3.8, 4) is 10.4 Å². The van der Waals surface area contributed by atoms with E-state index < -0.39 is 11.7 Å². The second-order valence-electron chi connectivity index (χ2n) is 3.84. The van der Waals surface area contributed by atoms with Crippen molar-refractivity contribution in [1.29, 1.82) is 0 Å². The topological polar surface area (TPSA) is 26.0 Å². The minimum Gasteiger partial charge on any atom is -0.399 e. The average molecular weight is 336 g/mol. The Hall–Kier alpha value is -1.01. The molecule has 6 heteroatoms. The number of hydrogen-bond donors (Lipinski definition) is 1. The third-order valence-electron chi connectivity index (χ3n) is 2.40. The molecule has 0 atom stereocenters. The second kappa shape index (κ2) is 4.59. The van der Waals surface area contributed by atoms with Crippen LogP contribution in [0, 0.1) is 6.92 Å². The van der Waals surface area contributed by atoms with Crippen LogP contribution in [-0.4, -0.2) is 0 Å². The molecule has 0 unspecified atom stereocenters. The number of anilines is 1. The fourth-order valence-corrected chi connectivity index (χ4v) is 3.56. The predicted octanol–water partition coefficient (Wildman–Crippen LogP) is 5.09. The standard InChI is InChI=1S/C12H9BrF3NS/c1-6-4-10(13)11(18-6)8-3-2-7(17)5-9(8)12(14,15)16/h2-5H,17H2,1H3. The number of alkyl halides is 3. The quantitative estimate of drug-likeness (QED) is 0.722. The molecule has 1 aromatic heterocycles. The zero-order valence-corrected chi connectivity index (χ0v) is 11.7. The predicted molar refractivity (Wildman–Crippen MR) is 71.6 cm³/mol. The largest absolute Gasteiger partial charge is 0.417 e. The van der Waals surface area contributed by atoms with Gasteiger partial charge in [-0.25, -0.2) is 0 Å². The molecule has 2 N–H and O–H groups in total. The maximum absolute atomic E-state index is 13.0. The van der Waals surface area contributed by atoms with Gasteiger partial charge in [-0.15, -0.1) is 11.3 Å². The number of thiophene rings is 1. The van der Waals surface area contributed by atoms with E-state index in [0.29, 0.717) is 9.35 Å². The summed E-state index contributed by atoms with van der Waals surface area (Å²) in [6.45, 7) is 1.85. The summed E-state index contributed by atoms with van der Waals surface area (Å²) in [7, 11) is 0. The normalized spacial score (nSPS) is 11.8. The van der Waals surface area contributed by atoms with Crippen molar-refractivity contribution in [2.75, 3.05) is 5.73 Å². The number of aryl methyl sites for hydroxylation is 1. The number of rotatable bonds is 1. The van der Waals surface area contributed by atoms with Gasteiger partial charge in [0.05, 0.1) is 5.56 Å². The Morgan fingerprint density at radius 1 is 1.22 bits per heavy atom. The number of hydrogen-bond acceptors (Lipinski definition) is 2. The van der Waals surface area contributed by atoms with Gasteiger partial charge in [0, 0.05) is 25.5 Å². The van der Waals surface area contributed by atoms with Crippen LogP contribution in [0.25, 0.3) is 10.4 Å². The highest BCUT2D eigenvalue weighted by Crippen LogP contribution is 2.43. The molecule has 2 rings (SSSR count). The van der Waals surface area contributed by atoms with E-state index in [0.717, 1.165) is 10.9 Å². The van der Waals surface area contributed by atoms with Crippen molar-refractivity contribution in [3.63, 3.8) is 0 Å². The second-order valence-corrected chi connectivity index (χ2v) is 5.95. The summed E-state index contributed by atoms with van der Waals surface area (Å²) in [4.78, 5) is 1.52. The first-order valence-corrected chi connectivity index (χ1v) is 6.63. The molecule has 2 aromatic rings. The Morgan fingerprint density at radius 3 is 2.39 bits per heavy atom. The molecular weight excluding hydrogens is 327 g/mol. The highest BCUT2D eigenvalue weighted by atomic mass is 79.9. The molecule has 0 fully saturated rings. The highest BCUT2D eigenvalue weighted by molar-refractivity contribution is 9.10. The molecule has 18 heavy (non-hydrogen) atoms. The van der Waals surface area contributed by atoms with Crippen LogP contribution in [0.5, 0.6) is 0 Å². The van der Waals surface area contributed by atoms with E-state index in [-0.39, 0.29) is 11.3 Å². The molecule has 0 bridgehead atoms. The van der Waals surface area contributed by atoms with Gasteiger partial charge in [0.2, 0.25) is 0 Å². The highest BCUT2D eigenvalue weighted by Gasteiger charge is 2.34. The van der Waals surface area contributed by atoms with Crippen LogP contribution in [-0.2, 0) is 6.18 Å². The van der Waals surface area contributed by atoms with Gasteiger partial charge in [-0.3, -0.25) is 0 Å². The van der Waals surface area contributed by atoms with Crippen LogP contribution in [0.1, 0.15) is 10.4 Å². The molecule has 0 aliphatic rings. The van der Waals surface area contributed by atoms with Gasteiger partial charge in [0.15, 0.2) is 0 Å². The van der Waals surface area contributed by atoms with E-state index >= 15 is 0 Å². The maximum Gasteiger partial charge on any atom is 0.417 e. The summed E-state index contributed by atoms with van der Waals surface area (Å²) < 4.78 is 39.6. The zero-order valence-electron chi connectivity index (χ0n) is 9.31. The van der Waals surface area contributed by atoms with Crippen molar-refractivity contribution in [3.05, 3.63) is 39.2 Å². The summed E-state index contributed by atoms with van der Waals surface area (Å²) in [5.74, 6) is 0. The summed E-state index contributed by atoms with van der Waals surface area (Å²) in [5.41, 5.74) is 4.99. The van der Waals surface area contributed by atoms with Crippen LogP contribution in [0.3, 0.4) is 0 Å². The zero-order chi connectivity index (χ0) is 13.5. The van der Waals surface area contributed by atoms with Gasteiger partial charge >= 0.3 is 6.18 Å². The van der Waals surface area contributed by atoms with E-state index in [9.17, 15) is 13.2 Å². The summed E-state index contributed by atoms with van der Waals surface area (Å²) in [6.07, 6.45) is -4.41. The van der Waals surface area contributed by atoms with Crippen LogP contribution in [0.2, 0.25) is 0 Å².